The van der Waals surface area contributed by atoms with E-state index in [4.69, 9.17) is 9.84 Å². The number of hydrogen-bond donors (Lipinski definition) is 1. The SMILES string of the molecule is CCOCCCSC(C(=O)O)C(C)C. The van der Waals surface area contributed by atoms with E-state index < -0.39 is 5.97 Å². The van der Waals surface area contributed by atoms with Gasteiger partial charge in [0.15, 0.2) is 0 Å². The third kappa shape index (κ3) is 6.27. The molecule has 3 nitrogen and oxygen atoms in total. The average molecular weight is 220 g/mol. The minimum atomic E-state index is -0.707. The molecule has 0 bridgehead atoms. The Balaban J connectivity index is 3.57. The van der Waals surface area contributed by atoms with Gasteiger partial charge in [0, 0.05) is 13.2 Å². The molecular weight excluding hydrogens is 200 g/mol. The smallest absolute Gasteiger partial charge is 0.316 e. The molecule has 0 radical (unpaired) electrons. The van der Waals surface area contributed by atoms with Gasteiger partial charge in [-0.3, -0.25) is 4.79 Å². The van der Waals surface area contributed by atoms with Gasteiger partial charge >= 0.3 is 5.97 Å². The Kier molecular flexibility index (Phi) is 7.99. The maximum Gasteiger partial charge on any atom is 0.316 e. The predicted molar refractivity (Wildman–Crippen MR) is 59.8 cm³/mol. The maximum atomic E-state index is 10.8. The molecule has 1 atom stereocenters. The molecule has 0 heterocycles. The lowest BCUT2D eigenvalue weighted by molar-refractivity contribution is -0.137. The zero-order valence-corrected chi connectivity index (χ0v) is 9.97. The summed E-state index contributed by atoms with van der Waals surface area (Å²) >= 11 is 1.51. The summed E-state index contributed by atoms with van der Waals surface area (Å²) in [7, 11) is 0. The monoisotopic (exact) mass is 220 g/mol. The first kappa shape index (κ1) is 13.8. The molecule has 0 aliphatic heterocycles. The van der Waals surface area contributed by atoms with E-state index in [2.05, 4.69) is 0 Å². The van der Waals surface area contributed by atoms with Crippen LogP contribution in [0.3, 0.4) is 0 Å². The van der Waals surface area contributed by atoms with Crippen molar-refractivity contribution in [3.8, 4) is 0 Å². The Morgan fingerprint density at radius 1 is 1.50 bits per heavy atom. The molecule has 0 aromatic heterocycles. The number of carboxylic acid groups (broad SMARTS) is 1. The lowest BCUT2D eigenvalue weighted by Crippen LogP contribution is -2.23. The topological polar surface area (TPSA) is 46.5 Å². The number of aliphatic carboxylic acids is 1. The van der Waals surface area contributed by atoms with Crippen LogP contribution in [-0.2, 0) is 9.53 Å². The zero-order chi connectivity index (χ0) is 11.0. The summed E-state index contributed by atoms with van der Waals surface area (Å²) in [4.78, 5) is 10.8. The molecule has 1 N–H and O–H groups in total. The van der Waals surface area contributed by atoms with Crippen LogP contribution in [-0.4, -0.2) is 35.3 Å². The Morgan fingerprint density at radius 2 is 2.14 bits per heavy atom. The van der Waals surface area contributed by atoms with Crippen LogP contribution in [0, 0.1) is 5.92 Å². The molecule has 0 aliphatic rings. The van der Waals surface area contributed by atoms with Crippen LogP contribution in [0.5, 0.6) is 0 Å². The van der Waals surface area contributed by atoms with Crippen LogP contribution in [0.1, 0.15) is 27.2 Å². The summed E-state index contributed by atoms with van der Waals surface area (Å²) in [5, 5.41) is 8.61. The first-order valence-corrected chi connectivity index (χ1v) is 6.06. The summed E-state index contributed by atoms with van der Waals surface area (Å²) < 4.78 is 5.18. The van der Waals surface area contributed by atoms with Gasteiger partial charge in [0.2, 0.25) is 0 Å². The first-order valence-electron chi connectivity index (χ1n) is 5.01. The lowest BCUT2D eigenvalue weighted by atomic mass is 10.1. The molecule has 14 heavy (non-hydrogen) atoms. The molecular formula is C10H20O3S. The predicted octanol–water partition coefficient (Wildman–Crippen LogP) is 2.26. The van der Waals surface area contributed by atoms with Crippen LogP contribution in [0.25, 0.3) is 0 Å². The van der Waals surface area contributed by atoms with E-state index in [1.807, 2.05) is 20.8 Å². The van der Waals surface area contributed by atoms with E-state index in [1.165, 1.54) is 11.8 Å². The molecule has 4 heteroatoms. The third-order valence-electron chi connectivity index (χ3n) is 1.78. The van der Waals surface area contributed by atoms with Crippen molar-refractivity contribution in [1.82, 2.24) is 0 Å². The molecule has 0 aromatic carbocycles. The first-order chi connectivity index (χ1) is 6.59. The Morgan fingerprint density at radius 3 is 2.57 bits per heavy atom. The fourth-order valence-corrected chi connectivity index (χ4v) is 2.13. The Labute approximate surface area is 90.2 Å². The number of rotatable bonds is 8. The molecule has 0 amide bonds. The van der Waals surface area contributed by atoms with Gasteiger partial charge in [-0.15, -0.1) is 11.8 Å². The molecule has 0 aromatic rings. The summed E-state index contributed by atoms with van der Waals surface area (Å²) in [5.41, 5.74) is 0. The van der Waals surface area contributed by atoms with Crippen LogP contribution in [0.15, 0.2) is 0 Å². The highest BCUT2D eigenvalue weighted by Gasteiger charge is 2.21. The lowest BCUT2D eigenvalue weighted by Gasteiger charge is -2.15. The number of carbonyl (C=O) groups is 1. The fourth-order valence-electron chi connectivity index (χ4n) is 1.06. The second-order valence-corrected chi connectivity index (χ2v) is 4.67. The van der Waals surface area contributed by atoms with Gasteiger partial charge in [-0.25, -0.2) is 0 Å². The summed E-state index contributed by atoms with van der Waals surface area (Å²) in [6, 6.07) is 0. The van der Waals surface area contributed by atoms with E-state index in [0.29, 0.717) is 0 Å². The normalized spacial score (nSPS) is 13.1. The van der Waals surface area contributed by atoms with Gasteiger partial charge in [-0.2, -0.15) is 0 Å². The van der Waals surface area contributed by atoms with E-state index in [0.717, 1.165) is 25.4 Å². The van der Waals surface area contributed by atoms with Crippen LogP contribution >= 0.6 is 11.8 Å². The van der Waals surface area contributed by atoms with E-state index in [9.17, 15) is 4.79 Å². The molecule has 0 saturated carbocycles. The van der Waals surface area contributed by atoms with Crippen molar-refractivity contribution in [3.63, 3.8) is 0 Å². The van der Waals surface area contributed by atoms with Gasteiger partial charge < -0.3 is 9.84 Å². The summed E-state index contributed by atoms with van der Waals surface area (Å²) in [6.45, 7) is 7.30. The number of ether oxygens (including phenoxy) is 1. The largest absolute Gasteiger partial charge is 0.480 e. The van der Waals surface area contributed by atoms with Gasteiger partial charge in [-0.05, 0) is 25.0 Å². The third-order valence-corrected chi connectivity index (χ3v) is 3.41. The van der Waals surface area contributed by atoms with Crippen LogP contribution in [0.4, 0.5) is 0 Å². The molecule has 0 rings (SSSR count). The van der Waals surface area contributed by atoms with Crippen molar-refractivity contribution >= 4 is 17.7 Å². The molecule has 0 saturated heterocycles. The highest BCUT2D eigenvalue weighted by molar-refractivity contribution is 8.00. The van der Waals surface area contributed by atoms with Crippen molar-refractivity contribution in [2.75, 3.05) is 19.0 Å². The van der Waals surface area contributed by atoms with E-state index >= 15 is 0 Å². The average Bonchev–Trinajstić information content (AvgIpc) is 2.09. The zero-order valence-electron chi connectivity index (χ0n) is 9.16. The van der Waals surface area contributed by atoms with E-state index in [-0.39, 0.29) is 11.2 Å². The molecule has 1 unspecified atom stereocenters. The highest BCUT2D eigenvalue weighted by atomic mass is 32.2. The maximum absolute atomic E-state index is 10.8. The van der Waals surface area contributed by atoms with Crippen molar-refractivity contribution in [3.05, 3.63) is 0 Å². The number of hydrogen-bond acceptors (Lipinski definition) is 3. The van der Waals surface area contributed by atoms with Crippen molar-refractivity contribution < 1.29 is 14.6 Å². The second-order valence-electron chi connectivity index (χ2n) is 3.42. The van der Waals surface area contributed by atoms with Crippen molar-refractivity contribution in [1.29, 1.82) is 0 Å². The molecule has 0 spiro atoms. The molecule has 84 valence electrons. The molecule has 0 aliphatic carbocycles. The second kappa shape index (κ2) is 8.12. The standard InChI is InChI=1S/C10H20O3S/c1-4-13-6-5-7-14-9(8(2)3)10(11)12/h8-9H,4-7H2,1-3H3,(H,11,12). The van der Waals surface area contributed by atoms with E-state index in [1.54, 1.807) is 0 Å². The number of thioether (sulfide) groups is 1. The van der Waals surface area contributed by atoms with Gasteiger partial charge in [0.05, 0.1) is 0 Å². The quantitative estimate of drug-likeness (QED) is 0.637. The van der Waals surface area contributed by atoms with Crippen molar-refractivity contribution in [2.24, 2.45) is 5.92 Å². The van der Waals surface area contributed by atoms with Crippen molar-refractivity contribution in [2.45, 2.75) is 32.4 Å². The van der Waals surface area contributed by atoms with Gasteiger partial charge in [-0.1, -0.05) is 13.8 Å². The fraction of sp³-hybridized carbons (Fsp3) is 0.900. The number of carboxylic acids is 1. The van der Waals surface area contributed by atoms with Crippen LogP contribution < -0.4 is 0 Å². The Hall–Kier alpha value is -0.220. The summed E-state index contributed by atoms with van der Waals surface area (Å²) in [6.07, 6.45) is 0.926. The van der Waals surface area contributed by atoms with Gasteiger partial charge in [0.1, 0.15) is 5.25 Å². The Bertz CT molecular complexity index is 159. The van der Waals surface area contributed by atoms with Gasteiger partial charge in [0.25, 0.3) is 0 Å². The summed E-state index contributed by atoms with van der Waals surface area (Å²) in [5.74, 6) is 0.334. The highest BCUT2D eigenvalue weighted by Crippen LogP contribution is 2.20. The van der Waals surface area contributed by atoms with Crippen LogP contribution in [0.2, 0.25) is 0 Å². The molecule has 0 fully saturated rings. The minimum Gasteiger partial charge on any atom is -0.480 e. The minimum absolute atomic E-state index is 0.185.